The van der Waals surface area contributed by atoms with Crippen molar-refractivity contribution in [1.29, 1.82) is 0 Å². The van der Waals surface area contributed by atoms with Crippen LogP contribution in [0.1, 0.15) is 17.2 Å². The first-order chi connectivity index (χ1) is 11.1. The fraction of sp³-hybridized carbons (Fsp3) is 0.368. The van der Waals surface area contributed by atoms with Gasteiger partial charge in [0.25, 0.3) is 0 Å². The molecule has 2 N–H and O–H groups in total. The van der Waals surface area contributed by atoms with E-state index < -0.39 is 6.10 Å². The number of aliphatic hydroxyl groups is 1. The predicted molar refractivity (Wildman–Crippen MR) is 90.5 cm³/mol. The van der Waals surface area contributed by atoms with Crippen molar-refractivity contribution in [2.24, 2.45) is 0 Å². The monoisotopic (exact) mass is 313 g/mol. The van der Waals surface area contributed by atoms with Crippen molar-refractivity contribution in [2.45, 2.75) is 13.0 Å². The van der Waals surface area contributed by atoms with Crippen molar-refractivity contribution in [3.05, 3.63) is 53.6 Å². The van der Waals surface area contributed by atoms with E-state index in [1.807, 2.05) is 43.3 Å². The maximum atomic E-state index is 10.4. The zero-order valence-electron chi connectivity index (χ0n) is 13.4. The highest BCUT2D eigenvalue weighted by atomic mass is 16.5. The zero-order chi connectivity index (χ0) is 16.2. The van der Waals surface area contributed by atoms with E-state index >= 15 is 0 Å². The summed E-state index contributed by atoms with van der Waals surface area (Å²) in [6.07, 6.45) is -0.483. The number of phenolic OH excluding ortho intramolecular Hbond substituents is 1. The van der Waals surface area contributed by atoms with Crippen LogP contribution in [0.4, 0.5) is 0 Å². The van der Waals surface area contributed by atoms with Gasteiger partial charge in [-0.3, -0.25) is 4.90 Å². The Kier molecular flexibility index (Phi) is 4.96. The van der Waals surface area contributed by atoms with Gasteiger partial charge in [-0.15, -0.1) is 0 Å². The van der Waals surface area contributed by atoms with Gasteiger partial charge in [0.1, 0.15) is 5.75 Å². The molecule has 1 aliphatic rings. The summed E-state index contributed by atoms with van der Waals surface area (Å²) in [4.78, 5) is 2.23. The lowest BCUT2D eigenvalue weighted by atomic mass is 10.00. The molecule has 1 heterocycles. The number of phenols is 1. The highest BCUT2D eigenvalue weighted by molar-refractivity contribution is 5.65. The number of aromatic hydroxyl groups is 1. The van der Waals surface area contributed by atoms with Crippen molar-refractivity contribution in [3.8, 4) is 16.9 Å². The predicted octanol–water partition coefficient (Wildman–Crippen LogP) is 2.73. The third-order valence-electron chi connectivity index (χ3n) is 4.36. The molecule has 1 aliphatic heterocycles. The van der Waals surface area contributed by atoms with Crippen LogP contribution in [-0.4, -0.2) is 48.0 Å². The second kappa shape index (κ2) is 7.13. The topological polar surface area (TPSA) is 52.9 Å². The number of hydrogen-bond acceptors (Lipinski definition) is 4. The van der Waals surface area contributed by atoms with Gasteiger partial charge in [-0.1, -0.05) is 30.3 Å². The molecule has 1 saturated heterocycles. The summed E-state index contributed by atoms with van der Waals surface area (Å²) in [5.74, 6) is 0.311. The van der Waals surface area contributed by atoms with E-state index in [0.717, 1.165) is 48.6 Å². The first-order valence-corrected chi connectivity index (χ1v) is 8.01. The van der Waals surface area contributed by atoms with Gasteiger partial charge in [-0.25, -0.2) is 0 Å². The molecule has 4 heteroatoms. The minimum Gasteiger partial charge on any atom is -0.508 e. The van der Waals surface area contributed by atoms with Gasteiger partial charge in [-0.2, -0.15) is 0 Å². The highest BCUT2D eigenvalue weighted by Gasteiger charge is 2.16. The number of β-amino-alcohol motifs (C(OH)–C–C–N with tert-alkyl or cyclic N) is 1. The molecule has 0 aromatic heterocycles. The fourth-order valence-corrected chi connectivity index (χ4v) is 2.87. The van der Waals surface area contributed by atoms with Crippen LogP contribution in [0.15, 0.2) is 42.5 Å². The zero-order valence-corrected chi connectivity index (χ0v) is 13.4. The number of hydrogen-bond donors (Lipinski definition) is 2. The molecule has 1 atom stereocenters. The minimum absolute atomic E-state index is 0.311. The first-order valence-electron chi connectivity index (χ1n) is 8.01. The number of morpholine rings is 1. The maximum Gasteiger partial charge on any atom is 0.118 e. The van der Waals surface area contributed by atoms with E-state index in [9.17, 15) is 10.2 Å². The number of nitrogens with zero attached hydrogens (tertiary/aromatic N) is 1. The van der Waals surface area contributed by atoms with Gasteiger partial charge in [-0.05, 0) is 41.3 Å². The van der Waals surface area contributed by atoms with Crippen LogP contribution in [0.3, 0.4) is 0 Å². The van der Waals surface area contributed by atoms with Crippen LogP contribution in [0.2, 0.25) is 0 Å². The summed E-state index contributed by atoms with van der Waals surface area (Å²) in [5, 5.41) is 20.0. The van der Waals surface area contributed by atoms with Crippen LogP contribution in [0, 0.1) is 6.92 Å². The second-order valence-electron chi connectivity index (χ2n) is 6.05. The third-order valence-corrected chi connectivity index (χ3v) is 4.36. The van der Waals surface area contributed by atoms with Crippen LogP contribution in [-0.2, 0) is 4.74 Å². The Balaban J connectivity index is 1.69. The number of aliphatic hydroxyl groups excluding tert-OH is 1. The molecule has 4 nitrogen and oxygen atoms in total. The van der Waals surface area contributed by atoms with Crippen LogP contribution in [0.5, 0.6) is 5.75 Å². The van der Waals surface area contributed by atoms with E-state index in [-0.39, 0.29) is 0 Å². The number of rotatable bonds is 4. The van der Waals surface area contributed by atoms with Crippen molar-refractivity contribution in [3.63, 3.8) is 0 Å². The molecule has 0 aliphatic carbocycles. The molecule has 2 aromatic rings. The molecule has 0 saturated carbocycles. The van der Waals surface area contributed by atoms with Gasteiger partial charge < -0.3 is 14.9 Å². The Morgan fingerprint density at radius 1 is 1.04 bits per heavy atom. The smallest absolute Gasteiger partial charge is 0.118 e. The maximum absolute atomic E-state index is 10.4. The standard InChI is InChI=1S/C19H23NO3/c1-14-12-17(6-7-18(14)21)15-2-4-16(5-3-15)19(22)13-20-8-10-23-11-9-20/h2-7,12,19,21-22H,8-11,13H2,1H3/t19-/m0/s1. The Morgan fingerprint density at radius 2 is 1.70 bits per heavy atom. The SMILES string of the molecule is Cc1cc(-c2ccc([C@@H](O)CN3CCOCC3)cc2)ccc1O. The molecular weight excluding hydrogens is 290 g/mol. The van der Waals surface area contributed by atoms with Gasteiger partial charge >= 0.3 is 0 Å². The van der Waals surface area contributed by atoms with Gasteiger partial charge in [0.2, 0.25) is 0 Å². The normalized spacial score (nSPS) is 17.1. The molecule has 0 radical (unpaired) electrons. The highest BCUT2D eigenvalue weighted by Crippen LogP contribution is 2.26. The molecule has 122 valence electrons. The molecule has 0 amide bonds. The average Bonchev–Trinajstić information content (AvgIpc) is 2.58. The van der Waals surface area contributed by atoms with Crippen LogP contribution < -0.4 is 0 Å². The largest absolute Gasteiger partial charge is 0.508 e. The summed E-state index contributed by atoms with van der Waals surface area (Å²) in [7, 11) is 0. The summed E-state index contributed by atoms with van der Waals surface area (Å²) in [5.41, 5.74) is 3.93. The Morgan fingerprint density at radius 3 is 2.35 bits per heavy atom. The summed E-state index contributed by atoms with van der Waals surface area (Å²) >= 11 is 0. The lowest BCUT2D eigenvalue weighted by Crippen LogP contribution is -2.38. The van der Waals surface area contributed by atoms with Gasteiger partial charge in [0, 0.05) is 19.6 Å². The van der Waals surface area contributed by atoms with Crippen molar-refractivity contribution < 1.29 is 14.9 Å². The van der Waals surface area contributed by atoms with Gasteiger partial charge in [0.05, 0.1) is 19.3 Å². The Labute approximate surface area is 136 Å². The van der Waals surface area contributed by atoms with E-state index in [0.29, 0.717) is 12.3 Å². The number of benzene rings is 2. The molecule has 2 aromatic carbocycles. The van der Waals surface area contributed by atoms with Crippen molar-refractivity contribution in [2.75, 3.05) is 32.8 Å². The van der Waals surface area contributed by atoms with E-state index in [1.165, 1.54) is 0 Å². The molecule has 3 rings (SSSR count). The van der Waals surface area contributed by atoms with Crippen LogP contribution in [0.25, 0.3) is 11.1 Å². The molecule has 0 unspecified atom stereocenters. The summed E-state index contributed by atoms with van der Waals surface area (Å²) in [6.45, 7) is 5.77. The van der Waals surface area contributed by atoms with E-state index in [1.54, 1.807) is 6.07 Å². The number of ether oxygens (including phenoxy) is 1. The lowest BCUT2D eigenvalue weighted by Gasteiger charge is -2.28. The quantitative estimate of drug-likeness (QED) is 0.911. The summed E-state index contributed by atoms with van der Waals surface area (Å²) < 4.78 is 5.33. The molecule has 23 heavy (non-hydrogen) atoms. The molecule has 0 spiro atoms. The van der Waals surface area contributed by atoms with Crippen molar-refractivity contribution in [1.82, 2.24) is 4.90 Å². The minimum atomic E-state index is -0.483. The fourth-order valence-electron chi connectivity index (χ4n) is 2.87. The first kappa shape index (κ1) is 16.0. The average molecular weight is 313 g/mol. The van der Waals surface area contributed by atoms with E-state index in [2.05, 4.69) is 4.90 Å². The molecular formula is C19H23NO3. The van der Waals surface area contributed by atoms with Crippen LogP contribution >= 0.6 is 0 Å². The Bertz CT molecular complexity index is 648. The Hall–Kier alpha value is -1.88. The lowest BCUT2D eigenvalue weighted by molar-refractivity contribution is 0.0143. The van der Waals surface area contributed by atoms with Crippen molar-refractivity contribution >= 4 is 0 Å². The second-order valence-corrected chi connectivity index (χ2v) is 6.05. The number of aryl methyl sites for hydroxylation is 1. The van der Waals surface area contributed by atoms with Gasteiger partial charge in [0.15, 0.2) is 0 Å². The molecule has 1 fully saturated rings. The molecule has 0 bridgehead atoms. The van der Waals surface area contributed by atoms with E-state index in [4.69, 9.17) is 4.74 Å². The summed E-state index contributed by atoms with van der Waals surface area (Å²) in [6, 6.07) is 13.6. The third kappa shape index (κ3) is 3.91.